The molecule has 0 saturated heterocycles. The molecule has 0 spiro atoms. The standard InChI is InChI=1S/C6H10N2/c1-2-6-4-7-3-5(1)8-6/h5,7H,1-4H2. The lowest BCUT2D eigenvalue weighted by Gasteiger charge is -2.10. The first-order valence-corrected chi connectivity index (χ1v) is 3.21. The van der Waals surface area contributed by atoms with Crippen molar-refractivity contribution in [3.05, 3.63) is 0 Å². The zero-order chi connectivity index (χ0) is 5.40. The molecule has 44 valence electrons. The van der Waals surface area contributed by atoms with Gasteiger partial charge < -0.3 is 5.32 Å². The average Bonchev–Trinajstić information content (AvgIpc) is 2.12. The number of aliphatic imine (C=N–C) groups is 1. The van der Waals surface area contributed by atoms with Crippen molar-refractivity contribution in [2.45, 2.75) is 18.9 Å². The molecule has 1 atom stereocenters. The molecule has 1 unspecified atom stereocenters. The molecule has 1 N–H and O–H groups in total. The molecule has 0 amide bonds. The molecule has 0 aliphatic carbocycles. The van der Waals surface area contributed by atoms with Gasteiger partial charge in [0, 0.05) is 18.8 Å². The molecule has 2 aliphatic heterocycles. The first kappa shape index (κ1) is 4.50. The lowest BCUT2D eigenvalue weighted by Crippen LogP contribution is -2.30. The molecule has 0 fully saturated rings. The largest absolute Gasteiger partial charge is 0.309 e. The second-order valence-corrected chi connectivity index (χ2v) is 2.52. The summed E-state index contributed by atoms with van der Waals surface area (Å²) in [7, 11) is 0. The molecule has 2 aliphatic rings. The molecule has 0 saturated carbocycles. The summed E-state index contributed by atoms with van der Waals surface area (Å²) in [5.74, 6) is 0. The Kier molecular flexibility index (Phi) is 0.875. The fourth-order valence-corrected chi connectivity index (χ4v) is 1.39. The number of nitrogens with zero attached hydrogens (tertiary/aromatic N) is 1. The Morgan fingerprint density at radius 2 is 2.62 bits per heavy atom. The number of fused-ring (bicyclic) bond motifs is 1. The Bertz CT molecular complexity index is 128. The van der Waals surface area contributed by atoms with E-state index in [0.29, 0.717) is 6.04 Å². The van der Waals surface area contributed by atoms with Crippen molar-refractivity contribution >= 4 is 5.71 Å². The fourth-order valence-electron chi connectivity index (χ4n) is 1.39. The van der Waals surface area contributed by atoms with Crippen LogP contribution in [0.2, 0.25) is 0 Å². The van der Waals surface area contributed by atoms with Gasteiger partial charge in [-0.15, -0.1) is 0 Å². The van der Waals surface area contributed by atoms with Crippen molar-refractivity contribution in [1.82, 2.24) is 5.32 Å². The van der Waals surface area contributed by atoms with Crippen molar-refractivity contribution < 1.29 is 0 Å². The van der Waals surface area contributed by atoms with E-state index in [1.165, 1.54) is 18.6 Å². The lowest BCUT2D eigenvalue weighted by molar-refractivity contribution is 0.605. The van der Waals surface area contributed by atoms with Gasteiger partial charge >= 0.3 is 0 Å². The Hall–Kier alpha value is -0.370. The van der Waals surface area contributed by atoms with Crippen molar-refractivity contribution in [3.63, 3.8) is 0 Å². The van der Waals surface area contributed by atoms with Gasteiger partial charge in [-0.2, -0.15) is 0 Å². The smallest absolute Gasteiger partial charge is 0.0627 e. The second-order valence-electron chi connectivity index (χ2n) is 2.52. The molecule has 2 heteroatoms. The molecule has 0 radical (unpaired) electrons. The van der Waals surface area contributed by atoms with Gasteiger partial charge in [0.25, 0.3) is 0 Å². The maximum absolute atomic E-state index is 4.45. The van der Waals surface area contributed by atoms with Crippen molar-refractivity contribution in [1.29, 1.82) is 0 Å². The Morgan fingerprint density at radius 3 is 3.38 bits per heavy atom. The molecular formula is C6H10N2. The number of rotatable bonds is 0. The summed E-state index contributed by atoms with van der Waals surface area (Å²) in [6.45, 7) is 2.17. The summed E-state index contributed by atoms with van der Waals surface area (Å²) in [6, 6.07) is 0.638. The molecular weight excluding hydrogens is 100 g/mol. The molecule has 8 heavy (non-hydrogen) atoms. The lowest BCUT2D eigenvalue weighted by atomic mass is 10.2. The minimum absolute atomic E-state index is 0.638. The van der Waals surface area contributed by atoms with E-state index in [4.69, 9.17) is 0 Å². The van der Waals surface area contributed by atoms with E-state index in [1.54, 1.807) is 0 Å². The van der Waals surface area contributed by atoms with Crippen LogP contribution in [0.25, 0.3) is 0 Å². The molecule has 2 nitrogen and oxygen atoms in total. The third kappa shape index (κ3) is 0.564. The van der Waals surface area contributed by atoms with E-state index in [9.17, 15) is 0 Å². The van der Waals surface area contributed by atoms with E-state index >= 15 is 0 Å². The van der Waals surface area contributed by atoms with Crippen LogP contribution in [-0.4, -0.2) is 24.8 Å². The second kappa shape index (κ2) is 1.55. The van der Waals surface area contributed by atoms with E-state index in [2.05, 4.69) is 10.3 Å². The van der Waals surface area contributed by atoms with Gasteiger partial charge in [-0.3, -0.25) is 4.99 Å². The van der Waals surface area contributed by atoms with Gasteiger partial charge in [0.15, 0.2) is 0 Å². The quantitative estimate of drug-likeness (QED) is 0.473. The highest BCUT2D eigenvalue weighted by atomic mass is 15.0. The highest BCUT2D eigenvalue weighted by Crippen LogP contribution is 2.14. The van der Waals surface area contributed by atoms with Crippen LogP contribution in [0.4, 0.5) is 0 Å². The van der Waals surface area contributed by atoms with Crippen molar-refractivity contribution in [2.75, 3.05) is 13.1 Å². The van der Waals surface area contributed by atoms with Gasteiger partial charge in [-0.05, 0) is 12.8 Å². The summed E-state index contributed by atoms with van der Waals surface area (Å²) < 4.78 is 0. The molecule has 0 aromatic heterocycles. The summed E-state index contributed by atoms with van der Waals surface area (Å²) in [5, 5.41) is 3.32. The van der Waals surface area contributed by atoms with Gasteiger partial charge in [-0.1, -0.05) is 0 Å². The van der Waals surface area contributed by atoms with Crippen molar-refractivity contribution in [2.24, 2.45) is 4.99 Å². The predicted octanol–water partition coefficient (Wildman–Crippen LogP) is 0.193. The van der Waals surface area contributed by atoms with Gasteiger partial charge in [-0.25, -0.2) is 0 Å². The average molecular weight is 110 g/mol. The maximum atomic E-state index is 4.45. The molecule has 2 heterocycles. The molecule has 2 rings (SSSR count). The van der Waals surface area contributed by atoms with Crippen LogP contribution in [0.15, 0.2) is 4.99 Å². The SMILES string of the molecule is C1CC2CNCC1=N2. The Labute approximate surface area is 49.0 Å². The minimum Gasteiger partial charge on any atom is -0.309 e. The molecule has 0 aromatic carbocycles. The van der Waals surface area contributed by atoms with E-state index in [-0.39, 0.29) is 0 Å². The summed E-state index contributed by atoms with van der Waals surface area (Å²) in [5.41, 5.74) is 1.39. The first-order valence-electron chi connectivity index (χ1n) is 3.21. The van der Waals surface area contributed by atoms with E-state index in [0.717, 1.165) is 13.1 Å². The van der Waals surface area contributed by atoms with Crippen LogP contribution in [0, 0.1) is 0 Å². The predicted molar refractivity (Wildman–Crippen MR) is 33.3 cm³/mol. The van der Waals surface area contributed by atoms with Crippen LogP contribution < -0.4 is 5.32 Å². The highest BCUT2D eigenvalue weighted by molar-refractivity contribution is 5.88. The maximum Gasteiger partial charge on any atom is 0.0627 e. The van der Waals surface area contributed by atoms with Crippen LogP contribution in [0.5, 0.6) is 0 Å². The number of hydrogen-bond donors (Lipinski definition) is 1. The zero-order valence-corrected chi connectivity index (χ0v) is 4.85. The van der Waals surface area contributed by atoms with Gasteiger partial charge in [0.2, 0.25) is 0 Å². The van der Waals surface area contributed by atoms with Crippen LogP contribution in [0.3, 0.4) is 0 Å². The van der Waals surface area contributed by atoms with Gasteiger partial charge in [0.1, 0.15) is 0 Å². The van der Waals surface area contributed by atoms with Crippen LogP contribution in [-0.2, 0) is 0 Å². The fraction of sp³-hybridized carbons (Fsp3) is 0.833. The van der Waals surface area contributed by atoms with Crippen LogP contribution >= 0.6 is 0 Å². The third-order valence-corrected chi connectivity index (χ3v) is 1.84. The van der Waals surface area contributed by atoms with Crippen LogP contribution in [0.1, 0.15) is 12.8 Å². The first-order chi connectivity index (χ1) is 3.95. The van der Waals surface area contributed by atoms with E-state index in [1.807, 2.05) is 0 Å². The highest BCUT2D eigenvalue weighted by Gasteiger charge is 2.20. The Morgan fingerprint density at radius 1 is 1.62 bits per heavy atom. The normalized spacial score (nSPS) is 35.0. The zero-order valence-electron chi connectivity index (χ0n) is 4.85. The Balaban J connectivity index is 2.20. The minimum atomic E-state index is 0.638. The summed E-state index contributed by atoms with van der Waals surface area (Å²) in [4.78, 5) is 4.45. The topological polar surface area (TPSA) is 24.4 Å². The number of nitrogens with one attached hydrogen (secondary N) is 1. The third-order valence-electron chi connectivity index (χ3n) is 1.84. The summed E-state index contributed by atoms with van der Waals surface area (Å²) >= 11 is 0. The summed E-state index contributed by atoms with van der Waals surface area (Å²) in [6.07, 6.45) is 2.54. The monoisotopic (exact) mass is 110 g/mol. The van der Waals surface area contributed by atoms with Crippen molar-refractivity contribution in [3.8, 4) is 0 Å². The van der Waals surface area contributed by atoms with E-state index < -0.39 is 0 Å². The van der Waals surface area contributed by atoms with Gasteiger partial charge in [0.05, 0.1) is 6.04 Å². The molecule has 2 bridgehead atoms. The molecule has 0 aromatic rings. The number of hydrogen-bond acceptors (Lipinski definition) is 2.